The van der Waals surface area contributed by atoms with Crippen LogP contribution < -0.4 is 15.4 Å². The molecule has 0 saturated carbocycles. The number of rotatable bonds is 2. The van der Waals surface area contributed by atoms with E-state index >= 15 is 0 Å². The minimum atomic E-state index is -0.166. The molecule has 1 fully saturated rings. The van der Waals surface area contributed by atoms with Crippen LogP contribution in [0.4, 0.5) is 5.69 Å². The number of nitrogens with two attached hydrogens (primary N) is 1. The molecular formula is C12H13N3O2. The smallest absolute Gasteiger partial charge is 0.228 e. The summed E-state index contributed by atoms with van der Waals surface area (Å²) in [5, 5.41) is 9.03. The topological polar surface area (TPSA) is 79.3 Å². The molecule has 1 aromatic rings. The molecule has 17 heavy (non-hydrogen) atoms. The van der Waals surface area contributed by atoms with Gasteiger partial charge in [-0.2, -0.15) is 5.26 Å². The first-order valence-electron chi connectivity index (χ1n) is 5.29. The summed E-state index contributed by atoms with van der Waals surface area (Å²) < 4.78 is 5.10. The van der Waals surface area contributed by atoms with Gasteiger partial charge in [0.2, 0.25) is 5.91 Å². The lowest BCUT2D eigenvalue weighted by atomic mass is 10.1. The normalized spacial score (nSPS) is 19.2. The van der Waals surface area contributed by atoms with Crippen LogP contribution in [0.1, 0.15) is 12.0 Å². The lowest BCUT2D eigenvalue weighted by Gasteiger charge is -2.18. The van der Waals surface area contributed by atoms with Gasteiger partial charge in [0.05, 0.1) is 18.4 Å². The van der Waals surface area contributed by atoms with Crippen molar-refractivity contribution < 1.29 is 9.53 Å². The number of nitriles is 1. The van der Waals surface area contributed by atoms with E-state index in [0.717, 1.165) is 0 Å². The fourth-order valence-corrected chi connectivity index (χ4v) is 1.92. The Balaban J connectivity index is 2.43. The standard InChI is InChI=1S/C12H13N3O2/c1-17-10-3-2-8(6-13)11(5-10)15-7-9(14)4-12(15)16/h2-3,5,9H,4,7,14H2,1H3. The predicted molar refractivity (Wildman–Crippen MR) is 62.7 cm³/mol. The third kappa shape index (κ3) is 2.08. The van der Waals surface area contributed by atoms with Gasteiger partial charge in [0.25, 0.3) is 0 Å². The van der Waals surface area contributed by atoms with Crippen LogP contribution in [0.25, 0.3) is 0 Å². The molecule has 1 aromatic carbocycles. The Kier molecular flexibility index (Phi) is 2.98. The van der Waals surface area contributed by atoms with Crippen molar-refractivity contribution in [3.05, 3.63) is 23.8 Å². The Morgan fingerprint density at radius 1 is 1.59 bits per heavy atom. The molecule has 5 heteroatoms. The van der Waals surface area contributed by atoms with E-state index in [2.05, 4.69) is 6.07 Å². The van der Waals surface area contributed by atoms with Crippen molar-refractivity contribution in [3.63, 3.8) is 0 Å². The summed E-state index contributed by atoms with van der Waals surface area (Å²) in [6, 6.07) is 6.93. The van der Waals surface area contributed by atoms with Crippen LogP contribution in [-0.4, -0.2) is 25.6 Å². The summed E-state index contributed by atoms with van der Waals surface area (Å²) in [6.45, 7) is 0.445. The SMILES string of the molecule is COc1ccc(C#N)c(N2CC(N)CC2=O)c1. The number of amides is 1. The summed E-state index contributed by atoms with van der Waals surface area (Å²) in [5.41, 5.74) is 6.76. The summed E-state index contributed by atoms with van der Waals surface area (Å²) in [4.78, 5) is 13.3. The number of methoxy groups -OCH3 is 1. The Labute approximate surface area is 99.4 Å². The third-order valence-electron chi connectivity index (χ3n) is 2.77. The Hall–Kier alpha value is -2.06. The average molecular weight is 231 g/mol. The van der Waals surface area contributed by atoms with Gasteiger partial charge in [0.15, 0.2) is 0 Å². The van der Waals surface area contributed by atoms with Crippen LogP contribution in [0.2, 0.25) is 0 Å². The number of hydrogen-bond donors (Lipinski definition) is 1. The number of anilines is 1. The Bertz CT molecular complexity index is 493. The highest BCUT2D eigenvalue weighted by molar-refractivity contribution is 5.97. The zero-order valence-corrected chi connectivity index (χ0v) is 9.51. The summed E-state index contributed by atoms with van der Waals surface area (Å²) in [7, 11) is 1.54. The molecule has 1 unspecified atom stereocenters. The molecule has 2 N–H and O–H groups in total. The van der Waals surface area contributed by atoms with Gasteiger partial charge in [0, 0.05) is 25.1 Å². The Morgan fingerprint density at radius 2 is 2.35 bits per heavy atom. The highest BCUT2D eigenvalue weighted by atomic mass is 16.5. The first-order valence-corrected chi connectivity index (χ1v) is 5.29. The molecule has 0 bridgehead atoms. The molecule has 1 heterocycles. The van der Waals surface area contributed by atoms with Crippen molar-refractivity contribution in [2.45, 2.75) is 12.5 Å². The highest BCUT2D eigenvalue weighted by Crippen LogP contribution is 2.28. The van der Waals surface area contributed by atoms with Crippen molar-refractivity contribution in [3.8, 4) is 11.8 Å². The lowest BCUT2D eigenvalue weighted by molar-refractivity contribution is -0.117. The van der Waals surface area contributed by atoms with E-state index < -0.39 is 0 Å². The number of ether oxygens (including phenoxy) is 1. The second kappa shape index (κ2) is 4.44. The van der Waals surface area contributed by atoms with Crippen LogP contribution in [0.5, 0.6) is 5.75 Å². The summed E-state index contributed by atoms with van der Waals surface area (Å²) >= 11 is 0. The van der Waals surface area contributed by atoms with E-state index in [1.54, 1.807) is 30.2 Å². The van der Waals surface area contributed by atoms with Crippen molar-refractivity contribution in [1.82, 2.24) is 0 Å². The highest BCUT2D eigenvalue weighted by Gasteiger charge is 2.29. The van der Waals surface area contributed by atoms with Gasteiger partial charge in [-0.15, -0.1) is 0 Å². The first kappa shape index (κ1) is 11.4. The van der Waals surface area contributed by atoms with E-state index in [0.29, 0.717) is 30.0 Å². The third-order valence-corrected chi connectivity index (χ3v) is 2.77. The molecule has 1 aliphatic rings. The maximum Gasteiger partial charge on any atom is 0.228 e. The maximum atomic E-state index is 11.7. The number of hydrogen-bond acceptors (Lipinski definition) is 4. The molecule has 0 radical (unpaired) electrons. The lowest BCUT2D eigenvalue weighted by Crippen LogP contribution is -2.28. The zero-order chi connectivity index (χ0) is 12.4. The van der Waals surface area contributed by atoms with E-state index in [4.69, 9.17) is 15.7 Å². The van der Waals surface area contributed by atoms with E-state index in [1.165, 1.54) is 0 Å². The van der Waals surface area contributed by atoms with Crippen LogP contribution in [0.15, 0.2) is 18.2 Å². The van der Waals surface area contributed by atoms with Gasteiger partial charge >= 0.3 is 0 Å². The van der Waals surface area contributed by atoms with Gasteiger partial charge in [-0.3, -0.25) is 4.79 Å². The van der Waals surface area contributed by atoms with Gasteiger partial charge in [0.1, 0.15) is 11.8 Å². The average Bonchev–Trinajstić information content (AvgIpc) is 2.67. The second-order valence-electron chi connectivity index (χ2n) is 3.96. The van der Waals surface area contributed by atoms with Gasteiger partial charge < -0.3 is 15.4 Å². The van der Waals surface area contributed by atoms with E-state index in [-0.39, 0.29) is 11.9 Å². The van der Waals surface area contributed by atoms with Crippen LogP contribution in [0, 0.1) is 11.3 Å². The van der Waals surface area contributed by atoms with Gasteiger partial charge in [-0.05, 0) is 12.1 Å². The molecule has 1 atom stereocenters. The summed E-state index contributed by atoms with van der Waals surface area (Å²) in [6.07, 6.45) is 0.322. The fourth-order valence-electron chi connectivity index (χ4n) is 1.92. The van der Waals surface area contributed by atoms with E-state index in [1.807, 2.05) is 0 Å². The van der Waals surface area contributed by atoms with Crippen molar-refractivity contribution in [2.75, 3.05) is 18.6 Å². The number of carbonyl (C=O) groups excluding carboxylic acids is 1. The van der Waals surface area contributed by atoms with Gasteiger partial charge in [-0.25, -0.2) is 0 Å². The van der Waals surface area contributed by atoms with Crippen molar-refractivity contribution in [2.24, 2.45) is 5.73 Å². The van der Waals surface area contributed by atoms with Crippen molar-refractivity contribution in [1.29, 1.82) is 5.26 Å². The molecule has 0 spiro atoms. The molecular weight excluding hydrogens is 218 g/mol. The van der Waals surface area contributed by atoms with Crippen LogP contribution in [0.3, 0.4) is 0 Å². The fraction of sp³-hybridized carbons (Fsp3) is 0.333. The molecule has 2 rings (SSSR count). The quantitative estimate of drug-likeness (QED) is 0.809. The van der Waals surface area contributed by atoms with E-state index in [9.17, 15) is 4.79 Å². The molecule has 88 valence electrons. The maximum absolute atomic E-state index is 11.7. The zero-order valence-electron chi connectivity index (χ0n) is 9.51. The first-order chi connectivity index (χ1) is 8.15. The predicted octanol–water partition coefficient (Wildman–Crippen LogP) is 0.631. The van der Waals surface area contributed by atoms with Gasteiger partial charge in [-0.1, -0.05) is 0 Å². The number of benzene rings is 1. The summed E-state index contributed by atoms with van der Waals surface area (Å²) in [5.74, 6) is 0.564. The molecule has 0 aromatic heterocycles. The molecule has 1 aliphatic heterocycles. The van der Waals surface area contributed by atoms with Crippen molar-refractivity contribution >= 4 is 11.6 Å². The largest absolute Gasteiger partial charge is 0.497 e. The minimum absolute atomic E-state index is 0.0535. The van der Waals surface area contributed by atoms with Crippen LogP contribution in [-0.2, 0) is 4.79 Å². The number of carbonyl (C=O) groups is 1. The minimum Gasteiger partial charge on any atom is -0.497 e. The number of nitrogens with zero attached hydrogens (tertiary/aromatic N) is 2. The Morgan fingerprint density at radius 3 is 2.88 bits per heavy atom. The second-order valence-corrected chi connectivity index (χ2v) is 3.96. The molecule has 1 amide bonds. The molecule has 5 nitrogen and oxygen atoms in total. The molecule has 1 saturated heterocycles. The monoisotopic (exact) mass is 231 g/mol. The molecule has 0 aliphatic carbocycles. The van der Waals surface area contributed by atoms with Crippen LogP contribution >= 0.6 is 0 Å².